The van der Waals surface area contributed by atoms with Crippen LogP contribution in [0.1, 0.15) is 30.3 Å². The second kappa shape index (κ2) is 9.86. The van der Waals surface area contributed by atoms with Crippen molar-refractivity contribution in [1.82, 2.24) is 26.1 Å². The summed E-state index contributed by atoms with van der Waals surface area (Å²) >= 11 is 0. The molecule has 1 unspecified atom stereocenters. The van der Waals surface area contributed by atoms with Crippen molar-refractivity contribution in [3.05, 3.63) is 30.0 Å². The first-order chi connectivity index (χ1) is 13.0. The van der Waals surface area contributed by atoms with Crippen LogP contribution in [-0.2, 0) is 9.53 Å². The predicted octanol–water partition coefficient (Wildman–Crippen LogP) is 1.24. The Balaban J connectivity index is 0.00000280. The number of aromatic nitrogens is 2. The number of carbonyl (C=O) groups is 2. The summed E-state index contributed by atoms with van der Waals surface area (Å²) in [6.45, 7) is 4.64. The number of para-hydroxylation sites is 1. The number of nitrogens with one attached hydrogen (secondary N) is 4. The third kappa shape index (κ3) is 5.01. The van der Waals surface area contributed by atoms with E-state index in [4.69, 9.17) is 4.74 Å². The fourth-order valence-corrected chi connectivity index (χ4v) is 3.53. The van der Waals surface area contributed by atoms with Crippen LogP contribution in [0.25, 0.3) is 10.9 Å². The largest absolute Gasteiger partial charge is 0.384 e. The lowest BCUT2D eigenvalue weighted by molar-refractivity contribution is -0.123. The molecule has 1 aliphatic rings. The van der Waals surface area contributed by atoms with E-state index < -0.39 is 6.04 Å². The maximum absolute atomic E-state index is 12.5. The Morgan fingerprint density at radius 1 is 1.29 bits per heavy atom. The molecule has 28 heavy (non-hydrogen) atoms. The number of aromatic amines is 1. The van der Waals surface area contributed by atoms with Crippen LogP contribution in [-0.4, -0.2) is 61.4 Å². The molecular weight excluding hydrogens is 382 g/mol. The lowest BCUT2D eigenvalue weighted by Gasteiger charge is -2.37. The molecule has 1 atom stereocenters. The zero-order valence-electron chi connectivity index (χ0n) is 16.2. The number of nitrogens with zero attached hydrogens (tertiary/aromatic N) is 1. The molecule has 1 saturated heterocycles. The van der Waals surface area contributed by atoms with Gasteiger partial charge in [-0.2, -0.15) is 5.10 Å². The minimum absolute atomic E-state index is 0. The van der Waals surface area contributed by atoms with Crippen LogP contribution in [0.2, 0.25) is 0 Å². The fourth-order valence-electron chi connectivity index (χ4n) is 3.53. The first-order valence-corrected chi connectivity index (χ1v) is 9.26. The van der Waals surface area contributed by atoms with Crippen molar-refractivity contribution in [2.45, 2.75) is 25.8 Å². The summed E-state index contributed by atoms with van der Waals surface area (Å²) in [5.74, 6) is -0.583. The highest BCUT2D eigenvalue weighted by Gasteiger charge is 2.33. The quantitative estimate of drug-likeness (QED) is 0.550. The summed E-state index contributed by atoms with van der Waals surface area (Å²) < 4.78 is 5.37. The molecule has 0 saturated carbocycles. The van der Waals surface area contributed by atoms with Gasteiger partial charge in [-0.25, -0.2) is 0 Å². The lowest BCUT2D eigenvalue weighted by Crippen LogP contribution is -2.51. The Labute approximate surface area is 170 Å². The summed E-state index contributed by atoms with van der Waals surface area (Å²) in [6.07, 6.45) is 1.89. The Morgan fingerprint density at radius 3 is 2.71 bits per heavy atom. The van der Waals surface area contributed by atoms with Gasteiger partial charge >= 0.3 is 0 Å². The summed E-state index contributed by atoms with van der Waals surface area (Å²) in [4.78, 5) is 25.0. The summed E-state index contributed by atoms with van der Waals surface area (Å²) in [6, 6.07) is 6.73. The number of hydrogen-bond acceptors (Lipinski definition) is 5. The van der Waals surface area contributed by atoms with E-state index in [9.17, 15) is 9.59 Å². The van der Waals surface area contributed by atoms with Crippen molar-refractivity contribution in [3.8, 4) is 0 Å². The second-order valence-corrected chi connectivity index (χ2v) is 7.21. The minimum atomic E-state index is -0.658. The van der Waals surface area contributed by atoms with Gasteiger partial charge < -0.3 is 20.7 Å². The molecular formula is C19H28ClN5O3. The summed E-state index contributed by atoms with van der Waals surface area (Å²) in [5.41, 5.74) is 1.02. The Morgan fingerprint density at radius 2 is 2.00 bits per heavy atom. The smallest absolute Gasteiger partial charge is 0.273 e. The van der Waals surface area contributed by atoms with E-state index in [0.29, 0.717) is 18.8 Å². The molecule has 3 rings (SSSR count). The highest BCUT2D eigenvalue weighted by molar-refractivity contribution is 6.05. The molecule has 1 aliphatic heterocycles. The van der Waals surface area contributed by atoms with Gasteiger partial charge in [0.15, 0.2) is 5.69 Å². The highest BCUT2D eigenvalue weighted by Crippen LogP contribution is 2.28. The molecule has 9 heteroatoms. The minimum Gasteiger partial charge on any atom is -0.384 e. The zero-order chi connectivity index (χ0) is 19.3. The van der Waals surface area contributed by atoms with Crippen LogP contribution < -0.4 is 16.0 Å². The predicted molar refractivity (Wildman–Crippen MR) is 110 cm³/mol. The van der Waals surface area contributed by atoms with Gasteiger partial charge in [0.05, 0.1) is 12.1 Å². The number of piperidine rings is 1. The number of carbonyl (C=O) groups excluding carboxylic acids is 2. The molecule has 1 aromatic carbocycles. The van der Waals surface area contributed by atoms with Crippen molar-refractivity contribution in [1.29, 1.82) is 0 Å². The average molecular weight is 410 g/mol. The van der Waals surface area contributed by atoms with Gasteiger partial charge in [-0.3, -0.25) is 14.7 Å². The molecule has 2 amide bonds. The number of benzene rings is 1. The number of halogens is 1. The second-order valence-electron chi connectivity index (χ2n) is 7.21. The SMILES string of the molecule is COCC1(CNC(=O)C(C)NC(=O)c2n[nH]c3ccccc23)CCNCC1.Cl. The average Bonchev–Trinajstić information content (AvgIpc) is 3.11. The van der Waals surface area contributed by atoms with E-state index in [1.807, 2.05) is 24.3 Å². The van der Waals surface area contributed by atoms with Crippen LogP contribution in [0.5, 0.6) is 0 Å². The number of methoxy groups -OCH3 is 1. The molecule has 1 aromatic heterocycles. The highest BCUT2D eigenvalue weighted by atomic mass is 35.5. The molecule has 1 fully saturated rings. The molecule has 2 heterocycles. The first-order valence-electron chi connectivity index (χ1n) is 9.26. The van der Waals surface area contributed by atoms with Crippen LogP contribution in [0.4, 0.5) is 0 Å². The van der Waals surface area contributed by atoms with Crippen molar-refractivity contribution in [2.24, 2.45) is 5.41 Å². The number of amides is 2. The van der Waals surface area contributed by atoms with Crippen molar-refractivity contribution in [3.63, 3.8) is 0 Å². The van der Waals surface area contributed by atoms with E-state index in [2.05, 4.69) is 26.1 Å². The van der Waals surface area contributed by atoms with E-state index >= 15 is 0 Å². The topological polar surface area (TPSA) is 108 Å². The molecule has 0 radical (unpaired) electrons. The zero-order valence-corrected chi connectivity index (χ0v) is 17.0. The van der Waals surface area contributed by atoms with E-state index in [1.54, 1.807) is 14.0 Å². The Hall–Kier alpha value is -2.16. The number of rotatable bonds is 7. The van der Waals surface area contributed by atoms with Gasteiger partial charge in [0, 0.05) is 24.5 Å². The third-order valence-corrected chi connectivity index (χ3v) is 5.18. The Kier molecular flexibility index (Phi) is 7.79. The van der Waals surface area contributed by atoms with E-state index in [-0.39, 0.29) is 29.6 Å². The van der Waals surface area contributed by atoms with Crippen molar-refractivity contribution >= 4 is 35.1 Å². The third-order valence-electron chi connectivity index (χ3n) is 5.18. The van der Waals surface area contributed by atoms with Gasteiger partial charge in [0.25, 0.3) is 5.91 Å². The van der Waals surface area contributed by atoms with Crippen LogP contribution in [0.15, 0.2) is 24.3 Å². The molecule has 0 spiro atoms. The molecule has 154 valence electrons. The van der Waals surface area contributed by atoms with E-state index in [0.717, 1.165) is 36.8 Å². The molecule has 0 aliphatic carbocycles. The fraction of sp³-hybridized carbons (Fsp3) is 0.526. The first kappa shape index (κ1) is 22.1. The maximum Gasteiger partial charge on any atom is 0.273 e. The molecule has 0 bridgehead atoms. The normalized spacial score (nSPS) is 16.8. The van der Waals surface area contributed by atoms with Crippen LogP contribution in [0, 0.1) is 5.41 Å². The van der Waals surface area contributed by atoms with Crippen LogP contribution >= 0.6 is 12.4 Å². The number of fused-ring (bicyclic) bond motifs is 1. The Bertz CT molecular complexity index is 798. The molecule has 2 aromatic rings. The molecule has 4 N–H and O–H groups in total. The summed E-state index contributed by atoms with van der Waals surface area (Å²) in [7, 11) is 1.68. The number of hydrogen-bond donors (Lipinski definition) is 4. The van der Waals surface area contributed by atoms with E-state index in [1.165, 1.54) is 0 Å². The van der Waals surface area contributed by atoms with Gasteiger partial charge in [-0.15, -0.1) is 12.4 Å². The molecule has 8 nitrogen and oxygen atoms in total. The van der Waals surface area contributed by atoms with Gasteiger partial charge in [0.2, 0.25) is 5.91 Å². The van der Waals surface area contributed by atoms with Gasteiger partial charge in [-0.1, -0.05) is 18.2 Å². The number of ether oxygens (including phenoxy) is 1. The summed E-state index contributed by atoms with van der Waals surface area (Å²) in [5, 5.41) is 16.7. The number of H-pyrrole nitrogens is 1. The monoisotopic (exact) mass is 409 g/mol. The van der Waals surface area contributed by atoms with Crippen molar-refractivity contribution < 1.29 is 14.3 Å². The van der Waals surface area contributed by atoms with Gasteiger partial charge in [0.1, 0.15) is 6.04 Å². The maximum atomic E-state index is 12.5. The van der Waals surface area contributed by atoms with Crippen LogP contribution in [0.3, 0.4) is 0 Å². The van der Waals surface area contributed by atoms with Gasteiger partial charge in [-0.05, 0) is 38.9 Å². The van der Waals surface area contributed by atoms with Crippen molar-refractivity contribution in [2.75, 3.05) is 33.4 Å². The standard InChI is InChI=1S/C19H27N5O3.ClH/c1-13(17(25)21-11-19(12-27-2)7-9-20-10-8-19)22-18(26)16-14-5-3-4-6-15(14)23-24-16;/h3-6,13,20H,7-12H2,1-2H3,(H,21,25)(H,22,26)(H,23,24);1H. The lowest BCUT2D eigenvalue weighted by atomic mass is 9.79.